The summed E-state index contributed by atoms with van der Waals surface area (Å²) in [6, 6.07) is 47.8. The van der Waals surface area contributed by atoms with Gasteiger partial charge in [0.1, 0.15) is 0 Å². The van der Waals surface area contributed by atoms with Crippen molar-refractivity contribution in [2.75, 3.05) is 4.90 Å². The third-order valence-electron chi connectivity index (χ3n) is 7.08. The normalized spacial score (nSPS) is 11.8. The third kappa shape index (κ3) is 3.59. The van der Waals surface area contributed by atoms with Crippen molar-refractivity contribution >= 4 is 27.8 Å². The highest BCUT2D eigenvalue weighted by molar-refractivity contribution is 6.04. The van der Waals surface area contributed by atoms with Gasteiger partial charge < -0.3 is 9.64 Å². The first-order valence-electron chi connectivity index (χ1n) is 12.6. The van der Waals surface area contributed by atoms with Crippen LogP contribution >= 0.6 is 0 Å². The predicted molar refractivity (Wildman–Crippen MR) is 154 cm³/mol. The maximum Gasteiger partial charge on any atom is 0.152 e. The first-order chi connectivity index (χ1) is 18.8. The number of fused-ring (bicyclic) bond motifs is 3. The van der Waals surface area contributed by atoms with Gasteiger partial charge in [-0.1, -0.05) is 97.1 Å². The Labute approximate surface area is 221 Å². The van der Waals surface area contributed by atoms with Crippen LogP contribution < -0.4 is 9.64 Å². The fraction of sp³-hybridized carbons (Fsp3) is 0. The lowest BCUT2D eigenvalue weighted by atomic mass is 9.98. The maximum atomic E-state index is 9.98. The molecule has 0 aromatic heterocycles. The van der Waals surface area contributed by atoms with Crippen molar-refractivity contribution in [1.29, 1.82) is 5.26 Å². The monoisotopic (exact) mass is 486 g/mol. The smallest absolute Gasteiger partial charge is 0.152 e. The molecule has 0 radical (unpaired) electrons. The molecule has 0 fully saturated rings. The third-order valence-corrected chi connectivity index (χ3v) is 7.08. The Morgan fingerprint density at radius 3 is 1.61 bits per heavy atom. The summed E-state index contributed by atoms with van der Waals surface area (Å²) >= 11 is 0. The van der Waals surface area contributed by atoms with E-state index in [2.05, 4.69) is 89.8 Å². The average molecular weight is 487 g/mol. The zero-order valence-electron chi connectivity index (χ0n) is 20.5. The summed E-state index contributed by atoms with van der Waals surface area (Å²) < 4.78 is 6.62. The molecule has 6 aromatic rings. The Hall–Kier alpha value is -5.33. The van der Waals surface area contributed by atoms with Crippen LogP contribution in [0.1, 0.15) is 5.56 Å². The first kappa shape index (κ1) is 21.9. The summed E-state index contributed by atoms with van der Waals surface area (Å²) in [5.41, 5.74) is 7.90. The van der Waals surface area contributed by atoms with E-state index < -0.39 is 0 Å². The van der Waals surface area contributed by atoms with Crippen LogP contribution in [0.25, 0.3) is 33.0 Å². The Bertz CT molecular complexity index is 1760. The van der Waals surface area contributed by atoms with Crippen LogP contribution in [0.15, 0.2) is 133 Å². The molecule has 1 aliphatic heterocycles. The Balaban J connectivity index is 1.48. The van der Waals surface area contributed by atoms with Crippen LogP contribution in [0, 0.1) is 11.3 Å². The molecule has 0 unspecified atom stereocenters. The largest absolute Gasteiger partial charge is 0.453 e. The van der Waals surface area contributed by atoms with E-state index in [4.69, 9.17) is 4.74 Å². The molecule has 0 atom stereocenters. The lowest BCUT2D eigenvalue weighted by molar-refractivity contribution is 0.477. The van der Waals surface area contributed by atoms with Gasteiger partial charge in [0.15, 0.2) is 11.5 Å². The number of hydrogen-bond donors (Lipinski definition) is 0. The molecule has 3 heteroatoms. The van der Waals surface area contributed by atoms with Crippen molar-refractivity contribution in [1.82, 2.24) is 0 Å². The predicted octanol–water partition coefficient (Wildman–Crippen LogP) is 9.62. The number of nitrogens with zero attached hydrogens (tertiary/aromatic N) is 2. The molecule has 1 heterocycles. The minimum absolute atomic E-state index is 0.648. The molecule has 0 bridgehead atoms. The topological polar surface area (TPSA) is 36.3 Å². The summed E-state index contributed by atoms with van der Waals surface area (Å²) in [5.74, 6) is 1.55. The lowest BCUT2D eigenvalue weighted by Gasteiger charge is -2.34. The lowest BCUT2D eigenvalue weighted by Crippen LogP contribution is -2.16. The van der Waals surface area contributed by atoms with Crippen molar-refractivity contribution < 1.29 is 4.74 Å². The van der Waals surface area contributed by atoms with E-state index in [0.717, 1.165) is 61.6 Å². The molecule has 178 valence electrons. The minimum atomic E-state index is 0.648. The zero-order valence-corrected chi connectivity index (χ0v) is 20.5. The molecule has 3 nitrogen and oxygen atoms in total. The molecule has 7 rings (SSSR count). The van der Waals surface area contributed by atoms with Crippen molar-refractivity contribution in [3.8, 4) is 39.8 Å². The van der Waals surface area contributed by atoms with Gasteiger partial charge in [0.05, 0.1) is 28.7 Å². The fourth-order valence-corrected chi connectivity index (χ4v) is 5.29. The van der Waals surface area contributed by atoms with Crippen LogP contribution in [0.5, 0.6) is 11.5 Å². The molecule has 0 saturated heterocycles. The molecule has 0 N–H and O–H groups in total. The van der Waals surface area contributed by atoms with Gasteiger partial charge in [0.2, 0.25) is 0 Å². The molecule has 1 aliphatic rings. The molecule has 0 aliphatic carbocycles. The summed E-state index contributed by atoms with van der Waals surface area (Å²) in [7, 11) is 0. The van der Waals surface area contributed by atoms with Crippen LogP contribution in [0.4, 0.5) is 17.1 Å². The number of rotatable bonds is 3. The fourth-order valence-electron chi connectivity index (χ4n) is 5.29. The van der Waals surface area contributed by atoms with E-state index in [1.165, 1.54) is 0 Å². The summed E-state index contributed by atoms with van der Waals surface area (Å²) in [6.45, 7) is 0. The van der Waals surface area contributed by atoms with Crippen molar-refractivity contribution in [3.05, 3.63) is 139 Å². The molecule has 38 heavy (non-hydrogen) atoms. The summed E-state index contributed by atoms with van der Waals surface area (Å²) in [6.07, 6.45) is 0. The molecule has 0 amide bonds. The van der Waals surface area contributed by atoms with E-state index in [-0.39, 0.29) is 0 Å². The number of nitriles is 1. The highest BCUT2D eigenvalue weighted by Gasteiger charge is 2.28. The van der Waals surface area contributed by atoms with Gasteiger partial charge in [-0.15, -0.1) is 0 Å². The van der Waals surface area contributed by atoms with Crippen LogP contribution in [-0.2, 0) is 0 Å². The van der Waals surface area contributed by atoms with E-state index in [9.17, 15) is 5.26 Å². The molecule has 6 aromatic carbocycles. The van der Waals surface area contributed by atoms with Crippen molar-refractivity contribution in [2.45, 2.75) is 0 Å². The van der Waals surface area contributed by atoms with Gasteiger partial charge in [-0.25, -0.2) is 0 Å². The number of ether oxygens (including phenoxy) is 1. The van der Waals surface area contributed by atoms with Gasteiger partial charge in [-0.05, 0) is 64.0 Å². The average Bonchev–Trinajstić information content (AvgIpc) is 2.99. The van der Waals surface area contributed by atoms with Gasteiger partial charge >= 0.3 is 0 Å². The number of hydrogen-bond acceptors (Lipinski definition) is 3. The highest BCUT2D eigenvalue weighted by Crippen LogP contribution is 2.53. The SMILES string of the molecule is N#Cc1cccc2cccc(N3c4ccc(-c5ccccc5)cc4Oc4cc(-c5ccccc5)ccc43)c12. The van der Waals surface area contributed by atoms with Crippen LogP contribution in [0.3, 0.4) is 0 Å². The number of anilines is 3. The Morgan fingerprint density at radius 1 is 0.500 bits per heavy atom. The Morgan fingerprint density at radius 2 is 1.05 bits per heavy atom. The van der Waals surface area contributed by atoms with Crippen LogP contribution in [-0.4, -0.2) is 0 Å². The van der Waals surface area contributed by atoms with Crippen molar-refractivity contribution in [2.24, 2.45) is 0 Å². The summed E-state index contributed by atoms with van der Waals surface area (Å²) in [4.78, 5) is 2.22. The van der Waals surface area contributed by atoms with Gasteiger partial charge in [-0.3, -0.25) is 0 Å². The van der Waals surface area contributed by atoms with Gasteiger partial charge in [0.25, 0.3) is 0 Å². The summed E-state index contributed by atoms with van der Waals surface area (Å²) in [5, 5.41) is 11.9. The van der Waals surface area contributed by atoms with Crippen LogP contribution in [0.2, 0.25) is 0 Å². The van der Waals surface area contributed by atoms with E-state index in [1.807, 2.05) is 54.6 Å². The van der Waals surface area contributed by atoms with Crippen molar-refractivity contribution in [3.63, 3.8) is 0 Å². The molecular weight excluding hydrogens is 464 g/mol. The van der Waals surface area contributed by atoms with Gasteiger partial charge in [0, 0.05) is 5.39 Å². The second-order valence-electron chi connectivity index (χ2n) is 9.33. The first-order valence-corrected chi connectivity index (χ1v) is 12.6. The Kier molecular flexibility index (Phi) is 5.17. The van der Waals surface area contributed by atoms with E-state index in [0.29, 0.717) is 5.56 Å². The molecule has 0 spiro atoms. The number of benzene rings is 6. The van der Waals surface area contributed by atoms with Gasteiger partial charge in [-0.2, -0.15) is 5.26 Å². The van der Waals surface area contributed by atoms with E-state index in [1.54, 1.807) is 0 Å². The second-order valence-corrected chi connectivity index (χ2v) is 9.33. The highest BCUT2D eigenvalue weighted by atomic mass is 16.5. The molecular formula is C35H22N2O. The van der Waals surface area contributed by atoms with E-state index >= 15 is 0 Å². The second kappa shape index (κ2) is 8.96. The standard InChI is InChI=1S/C35H22N2O/c36-23-29-15-7-13-26-14-8-16-32(35(26)29)37-30-19-17-27(24-9-3-1-4-10-24)21-33(30)38-34-22-28(18-20-31(34)37)25-11-5-2-6-12-25/h1-22H. The molecule has 0 saturated carbocycles. The maximum absolute atomic E-state index is 9.98. The zero-order chi connectivity index (χ0) is 25.5. The quantitative estimate of drug-likeness (QED) is 0.249. The minimum Gasteiger partial charge on any atom is -0.453 e.